The van der Waals surface area contributed by atoms with E-state index in [1.807, 2.05) is 66.1 Å². The van der Waals surface area contributed by atoms with Gasteiger partial charge in [0.1, 0.15) is 5.76 Å². The smallest absolute Gasteiger partial charge is 0.231 e. The van der Waals surface area contributed by atoms with E-state index in [0.29, 0.717) is 28.2 Å². The van der Waals surface area contributed by atoms with Crippen molar-refractivity contribution in [1.29, 1.82) is 0 Å². The molecule has 1 aliphatic heterocycles. The Morgan fingerprint density at radius 2 is 1.94 bits per heavy atom. The predicted octanol–water partition coefficient (Wildman–Crippen LogP) is 4.23. The molecule has 0 spiro atoms. The van der Waals surface area contributed by atoms with Crippen molar-refractivity contribution in [3.8, 4) is 28.6 Å². The van der Waals surface area contributed by atoms with Crippen LogP contribution in [0.25, 0.3) is 17.1 Å². The van der Waals surface area contributed by atoms with Crippen LogP contribution < -0.4 is 14.8 Å². The first kappa shape index (κ1) is 20.2. The number of carbonyl (C=O) groups is 1. The molecule has 9 heteroatoms. The van der Waals surface area contributed by atoms with Gasteiger partial charge in [-0.05, 0) is 49.4 Å². The molecule has 0 radical (unpaired) electrons. The molecular weight excluding hydrogens is 428 g/mol. The van der Waals surface area contributed by atoms with Crippen LogP contribution in [0, 0.1) is 0 Å². The number of para-hydroxylation sites is 1. The van der Waals surface area contributed by atoms with E-state index >= 15 is 0 Å². The maximum Gasteiger partial charge on any atom is 0.231 e. The van der Waals surface area contributed by atoms with Crippen molar-refractivity contribution in [2.45, 2.75) is 18.1 Å². The third-order valence-electron chi connectivity index (χ3n) is 4.96. The van der Waals surface area contributed by atoms with Crippen LogP contribution in [0.15, 0.2) is 76.5 Å². The molecule has 1 unspecified atom stereocenters. The van der Waals surface area contributed by atoms with E-state index in [0.717, 1.165) is 11.3 Å². The number of hydrogen-bond donors (Lipinski definition) is 1. The number of nitrogens with zero attached hydrogens (tertiary/aromatic N) is 3. The Morgan fingerprint density at radius 3 is 2.75 bits per heavy atom. The Balaban J connectivity index is 1.40. The second-order valence-electron chi connectivity index (χ2n) is 7.14. The van der Waals surface area contributed by atoms with Crippen LogP contribution in [0.5, 0.6) is 11.5 Å². The molecule has 162 valence electrons. The third kappa shape index (κ3) is 4.06. The summed E-state index contributed by atoms with van der Waals surface area (Å²) < 4.78 is 18.2. The first-order valence-electron chi connectivity index (χ1n) is 10.1. The zero-order chi connectivity index (χ0) is 21.9. The molecule has 3 heterocycles. The number of furan rings is 1. The fourth-order valence-electron chi connectivity index (χ4n) is 3.42. The zero-order valence-electron chi connectivity index (χ0n) is 17.2. The first-order valence-corrected chi connectivity index (χ1v) is 11.0. The van der Waals surface area contributed by atoms with Gasteiger partial charge in [0.15, 0.2) is 22.5 Å². The number of aromatic nitrogens is 3. The largest absolute Gasteiger partial charge is 0.467 e. The molecule has 1 amide bonds. The molecule has 1 N–H and O–H groups in total. The van der Waals surface area contributed by atoms with Gasteiger partial charge in [0.2, 0.25) is 12.7 Å². The quantitative estimate of drug-likeness (QED) is 0.423. The molecular formula is C23H20N4O4S. The van der Waals surface area contributed by atoms with Gasteiger partial charge in [-0.15, -0.1) is 10.2 Å². The summed E-state index contributed by atoms with van der Waals surface area (Å²) in [5.74, 6) is 2.81. The number of benzene rings is 2. The van der Waals surface area contributed by atoms with E-state index in [1.54, 1.807) is 12.3 Å². The Kier molecular flexibility index (Phi) is 5.55. The van der Waals surface area contributed by atoms with Crippen molar-refractivity contribution < 1.29 is 18.7 Å². The normalized spacial score (nSPS) is 13.2. The van der Waals surface area contributed by atoms with Crippen LogP contribution >= 0.6 is 11.8 Å². The summed E-state index contributed by atoms with van der Waals surface area (Å²) in [6.45, 7) is 2.09. The van der Waals surface area contributed by atoms with Gasteiger partial charge in [0, 0.05) is 11.3 Å². The minimum Gasteiger partial charge on any atom is -0.467 e. The van der Waals surface area contributed by atoms with Crippen molar-refractivity contribution >= 4 is 17.7 Å². The number of thioether (sulfide) groups is 1. The fourth-order valence-corrected chi connectivity index (χ4v) is 4.18. The molecule has 0 aliphatic carbocycles. The summed E-state index contributed by atoms with van der Waals surface area (Å²) in [6, 6.07) is 18.9. The van der Waals surface area contributed by atoms with Crippen LogP contribution in [0.2, 0.25) is 0 Å². The van der Waals surface area contributed by atoms with E-state index in [9.17, 15) is 4.79 Å². The summed E-state index contributed by atoms with van der Waals surface area (Å²) in [4.78, 5) is 12.5. The topological polar surface area (TPSA) is 91.4 Å². The lowest BCUT2D eigenvalue weighted by atomic mass is 10.2. The standard InChI is InChI=1S/C23H20N4O4S/c1-15(18-8-5-11-29-18)24-21(28)13-32-23-26-25-22(27(23)17-6-3-2-4-7-17)16-9-10-19-20(12-16)31-14-30-19/h2-12,15H,13-14H2,1H3,(H,24,28). The summed E-state index contributed by atoms with van der Waals surface area (Å²) in [5, 5.41) is 12.3. The molecule has 1 aliphatic rings. The lowest BCUT2D eigenvalue weighted by Gasteiger charge is -2.12. The van der Waals surface area contributed by atoms with E-state index < -0.39 is 0 Å². The molecule has 8 nitrogen and oxygen atoms in total. The Bertz CT molecular complexity index is 1220. The van der Waals surface area contributed by atoms with Gasteiger partial charge in [-0.25, -0.2) is 0 Å². The number of carbonyl (C=O) groups excluding carboxylic acids is 1. The number of hydrogen-bond acceptors (Lipinski definition) is 7. The van der Waals surface area contributed by atoms with Crippen LogP contribution in [0.4, 0.5) is 0 Å². The van der Waals surface area contributed by atoms with Gasteiger partial charge < -0.3 is 19.2 Å². The Labute approximate surface area is 188 Å². The van der Waals surface area contributed by atoms with E-state index in [-0.39, 0.29) is 24.5 Å². The summed E-state index contributed by atoms with van der Waals surface area (Å²) in [5.41, 5.74) is 1.74. The number of fused-ring (bicyclic) bond motifs is 1. The van der Waals surface area contributed by atoms with Gasteiger partial charge >= 0.3 is 0 Å². The minimum atomic E-state index is -0.214. The molecule has 0 saturated carbocycles. The van der Waals surface area contributed by atoms with Gasteiger partial charge in [-0.2, -0.15) is 0 Å². The highest BCUT2D eigenvalue weighted by molar-refractivity contribution is 7.99. The molecule has 0 bridgehead atoms. The molecule has 1 atom stereocenters. The van der Waals surface area contributed by atoms with Crippen molar-refractivity contribution in [2.24, 2.45) is 0 Å². The fraction of sp³-hybridized carbons (Fsp3) is 0.174. The highest BCUT2D eigenvalue weighted by Gasteiger charge is 2.21. The first-order chi connectivity index (χ1) is 15.7. The van der Waals surface area contributed by atoms with Gasteiger partial charge in [-0.1, -0.05) is 30.0 Å². The monoisotopic (exact) mass is 448 g/mol. The second-order valence-corrected chi connectivity index (χ2v) is 8.08. The lowest BCUT2D eigenvalue weighted by molar-refractivity contribution is -0.119. The van der Waals surface area contributed by atoms with Gasteiger partial charge in [0.05, 0.1) is 18.1 Å². The number of amides is 1. The van der Waals surface area contributed by atoms with E-state index in [1.165, 1.54) is 11.8 Å². The van der Waals surface area contributed by atoms with Gasteiger partial charge in [0.25, 0.3) is 0 Å². The van der Waals surface area contributed by atoms with Crippen molar-refractivity contribution in [2.75, 3.05) is 12.5 Å². The highest BCUT2D eigenvalue weighted by Crippen LogP contribution is 2.37. The molecule has 4 aromatic rings. The molecule has 0 saturated heterocycles. The van der Waals surface area contributed by atoms with Crippen LogP contribution in [-0.4, -0.2) is 33.2 Å². The zero-order valence-corrected chi connectivity index (χ0v) is 18.0. The number of ether oxygens (including phenoxy) is 2. The molecule has 32 heavy (non-hydrogen) atoms. The SMILES string of the molecule is CC(NC(=O)CSc1nnc(-c2ccc3c(c2)OCO3)n1-c1ccccc1)c1ccco1. The van der Waals surface area contributed by atoms with Crippen LogP contribution in [0.1, 0.15) is 18.7 Å². The van der Waals surface area contributed by atoms with Crippen LogP contribution in [-0.2, 0) is 4.79 Å². The maximum atomic E-state index is 12.5. The van der Waals surface area contributed by atoms with E-state index in [2.05, 4.69) is 15.5 Å². The Morgan fingerprint density at radius 1 is 1.09 bits per heavy atom. The predicted molar refractivity (Wildman–Crippen MR) is 119 cm³/mol. The summed E-state index contributed by atoms with van der Waals surface area (Å²) >= 11 is 1.32. The van der Waals surface area contributed by atoms with E-state index in [4.69, 9.17) is 13.9 Å². The number of nitrogens with one attached hydrogen (secondary N) is 1. The maximum absolute atomic E-state index is 12.5. The highest BCUT2D eigenvalue weighted by atomic mass is 32.2. The van der Waals surface area contributed by atoms with Crippen molar-refractivity contribution in [1.82, 2.24) is 20.1 Å². The third-order valence-corrected chi connectivity index (χ3v) is 5.89. The average molecular weight is 449 g/mol. The lowest BCUT2D eigenvalue weighted by Crippen LogP contribution is -2.28. The average Bonchev–Trinajstić information content (AvgIpc) is 3.58. The molecule has 5 rings (SSSR count). The molecule has 2 aromatic carbocycles. The summed E-state index contributed by atoms with van der Waals surface area (Å²) in [7, 11) is 0. The summed E-state index contributed by atoms with van der Waals surface area (Å²) in [6.07, 6.45) is 1.59. The van der Waals surface area contributed by atoms with Crippen molar-refractivity contribution in [3.05, 3.63) is 72.7 Å². The molecule has 2 aromatic heterocycles. The second kappa shape index (κ2) is 8.80. The molecule has 0 fully saturated rings. The Hall–Kier alpha value is -3.72. The van der Waals surface area contributed by atoms with Crippen LogP contribution in [0.3, 0.4) is 0 Å². The minimum absolute atomic E-state index is 0.119. The van der Waals surface area contributed by atoms with Gasteiger partial charge in [-0.3, -0.25) is 9.36 Å². The number of rotatable bonds is 7. The van der Waals surface area contributed by atoms with Crippen molar-refractivity contribution in [3.63, 3.8) is 0 Å².